The number of carbonyl (C=O) groups excluding carboxylic acids is 2. The lowest BCUT2D eigenvalue weighted by Gasteiger charge is -2.22. The Balaban J connectivity index is 1.50. The molecule has 1 aromatic heterocycles. The standard InChI is InChI=1S/C30H26BrN3O4S2/c1-3-15-38-23-13-11-20(12-14-23)26(35)24-25(21-5-4-6-22(31)16-21)34(28(37)27(24)36)29-32-33-30(40-29)39-17-19-9-7-18(2)8-10-19/h4-14,16,25,35H,3,15,17H2,1-2H3/b26-24-. The molecule has 1 fully saturated rings. The third kappa shape index (κ3) is 5.99. The Morgan fingerprint density at radius 1 is 1.07 bits per heavy atom. The number of hydrogen-bond acceptors (Lipinski definition) is 8. The van der Waals surface area contributed by atoms with Gasteiger partial charge in [-0.1, -0.05) is 87.9 Å². The van der Waals surface area contributed by atoms with Gasteiger partial charge in [0.2, 0.25) is 5.13 Å². The molecule has 1 amide bonds. The van der Waals surface area contributed by atoms with Crippen molar-refractivity contribution >= 4 is 61.6 Å². The van der Waals surface area contributed by atoms with Crippen LogP contribution in [0.2, 0.25) is 0 Å². The van der Waals surface area contributed by atoms with E-state index in [1.54, 1.807) is 24.3 Å². The van der Waals surface area contributed by atoms with Gasteiger partial charge in [-0.3, -0.25) is 14.5 Å². The van der Waals surface area contributed by atoms with E-state index in [2.05, 4.69) is 50.4 Å². The SMILES string of the molecule is CCCOc1ccc(/C(O)=C2/C(=O)C(=O)N(c3nnc(SCc4ccc(C)cc4)s3)C2c2cccc(Br)c2)cc1. The lowest BCUT2D eigenvalue weighted by molar-refractivity contribution is -0.132. The molecule has 1 saturated heterocycles. The summed E-state index contributed by atoms with van der Waals surface area (Å²) in [5, 5.41) is 20.2. The van der Waals surface area contributed by atoms with E-state index in [-0.39, 0.29) is 11.3 Å². The van der Waals surface area contributed by atoms with Crippen LogP contribution >= 0.6 is 39.0 Å². The van der Waals surface area contributed by atoms with E-state index in [9.17, 15) is 14.7 Å². The molecule has 2 heterocycles. The van der Waals surface area contributed by atoms with Crippen molar-refractivity contribution in [2.75, 3.05) is 11.5 Å². The fourth-order valence-electron chi connectivity index (χ4n) is 4.29. The summed E-state index contributed by atoms with van der Waals surface area (Å²) >= 11 is 6.24. The van der Waals surface area contributed by atoms with E-state index in [0.717, 1.165) is 16.5 Å². The van der Waals surface area contributed by atoms with Crippen LogP contribution in [0.5, 0.6) is 5.75 Å². The smallest absolute Gasteiger partial charge is 0.301 e. The van der Waals surface area contributed by atoms with Crippen LogP contribution in [0.4, 0.5) is 5.13 Å². The summed E-state index contributed by atoms with van der Waals surface area (Å²) in [5.74, 6) is -0.447. The van der Waals surface area contributed by atoms with Gasteiger partial charge in [0.25, 0.3) is 5.78 Å². The van der Waals surface area contributed by atoms with Crippen LogP contribution in [0.15, 0.2) is 87.2 Å². The highest BCUT2D eigenvalue weighted by Gasteiger charge is 2.48. The number of benzene rings is 3. The third-order valence-corrected chi connectivity index (χ3v) is 8.91. The number of aliphatic hydroxyl groups excluding tert-OH is 1. The molecule has 40 heavy (non-hydrogen) atoms. The summed E-state index contributed by atoms with van der Waals surface area (Å²) in [6.45, 7) is 4.64. The zero-order valence-electron chi connectivity index (χ0n) is 21.8. The Morgan fingerprint density at radius 2 is 1.82 bits per heavy atom. The molecular formula is C30H26BrN3O4S2. The highest BCUT2D eigenvalue weighted by molar-refractivity contribution is 9.10. The number of rotatable bonds is 9. The number of anilines is 1. The summed E-state index contributed by atoms with van der Waals surface area (Å²) in [6.07, 6.45) is 0.871. The number of thioether (sulfide) groups is 1. The van der Waals surface area contributed by atoms with Crippen molar-refractivity contribution in [3.05, 3.63) is 105 Å². The van der Waals surface area contributed by atoms with Crippen LogP contribution in [0.3, 0.4) is 0 Å². The van der Waals surface area contributed by atoms with Crippen LogP contribution in [-0.2, 0) is 15.3 Å². The van der Waals surface area contributed by atoms with Crippen molar-refractivity contribution in [1.82, 2.24) is 10.2 Å². The first-order valence-electron chi connectivity index (χ1n) is 12.7. The van der Waals surface area contributed by atoms with Crippen molar-refractivity contribution in [1.29, 1.82) is 0 Å². The Labute approximate surface area is 249 Å². The van der Waals surface area contributed by atoms with Gasteiger partial charge in [-0.15, -0.1) is 10.2 Å². The van der Waals surface area contributed by atoms with Gasteiger partial charge in [-0.05, 0) is 60.9 Å². The number of aliphatic hydroxyl groups is 1. The second kappa shape index (κ2) is 12.4. The highest BCUT2D eigenvalue weighted by atomic mass is 79.9. The second-order valence-electron chi connectivity index (χ2n) is 9.22. The molecule has 1 unspecified atom stereocenters. The zero-order chi connectivity index (χ0) is 28.2. The van der Waals surface area contributed by atoms with Crippen molar-refractivity contribution in [2.24, 2.45) is 0 Å². The van der Waals surface area contributed by atoms with Crippen LogP contribution in [-0.4, -0.2) is 33.6 Å². The summed E-state index contributed by atoms with van der Waals surface area (Å²) < 4.78 is 7.09. The molecule has 1 aliphatic heterocycles. The van der Waals surface area contributed by atoms with Crippen LogP contribution < -0.4 is 9.64 Å². The molecule has 0 aliphatic carbocycles. The minimum absolute atomic E-state index is 0.00520. The number of aromatic nitrogens is 2. The highest BCUT2D eigenvalue weighted by Crippen LogP contribution is 2.44. The first kappa shape index (κ1) is 28.1. The van der Waals surface area contributed by atoms with E-state index in [4.69, 9.17) is 4.74 Å². The fraction of sp³-hybridized carbons (Fsp3) is 0.200. The number of ether oxygens (including phenoxy) is 1. The molecular weight excluding hydrogens is 610 g/mol. The van der Waals surface area contributed by atoms with Crippen molar-refractivity contribution in [3.63, 3.8) is 0 Å². The largest absolute Gasteiger partial charge is 0.507 e. The van der Waals surface area contributed by atoms with Gasteiger partial charge in [0.15, 0.2) is 4.34 Å². The molecule has 4 aromatic rings. The van der Waals surface area contributed by atoms with Crippen LogP contribution in [0, 0.1) is 6.92 Å². The number of halogens is 1. The molecule has 3 aromatic carbocycles. The Bertz CT molecular complexity index is 1570. The van der Waals surface area contributed by atoms with E-state index >= 15 is 0 Å². The number of amides is 1. The Morgan fingerprint density at radius 3 is 2.52 bits per heavy atom. The van der Waals surface area contributed by atoms with E-state index < -0.39 is 17.7 Å². The summed E-state index contributed by atoms with van der Waals surface area (Å²) in [6, 6.07) is 21.5. The van der Waals surface area contributed by atoms with Crippen LogP contribution in [0.1, 0.15) is 41.6 Å². The molecule has 1 atom stereocenters. The minimum atomic E-state index is -0.878. The number of hydrogen-bond donors (Lipinski definition) is 1. The lowest BCUT2D eigenvalue weighted by Crippen LogP contribution is -2.29. The Hall–Kier alpha value is -3.47. The molecule has 10 heteroatoms. The molecule has 0 spiro atoms. The summed E-state index contributed by atoms with van der Waals surface area (Å²) in [5.41, 5.74) is 3.40. The first-order valence-corrected chi connectivity index (χ1v) is 15.3. The maximum Gasteiger partial charge on any atom is 0.301 e. The molecule has 0 bridgehead atoms. The summed E-state index contributed by atoms with van der Waals surface area (Å²) in [7, 11) is 0. The van der Waals surface area contributed by atoms with Gasteiger partial charge < -0.3 is 9.84 Å². The average Bonchev–Trinajstić information content (AvgIpc) is 3.53. The lowest BCUT2D eigenvalue weighted by atomic mass is 9.95. The molecule has 7 nitrogen and oxygen atoms in total. The van der Waals surface area contributed by atoms with Crippen molar-refractivity contribution in [2.45, 2.75) is 36.4 Å². The average molecular weight is 637 g/mol. The predicted molar refractivity (Wildman–Crippen MR) is 162 cm³/mol. The number of ketones is 1. The minimum Gasteiger partial charge on any atom is -0.507 e. The second-order valence-corrected chi connectivity index (χ2v) is 12.3. The van der Waals surface area contributed by atoms with Crippen molar-refractivity contribution in [3.8, 4) is 5.75 Å². The quantitative estimate of drug-likeness (QED) is 0.0677. The summed E-state index contributed by atoms with van der Waals surface area (Å²) in [4.78, 5) is 28.2. The van der Waals surface area contributed by atoms with E-state index in [1.807, 2.05) is 38.1 Å². The number of aryl methyl sites for hydroxylation is 1. The van der Waals surface area contributed by atoms with Gasteiger partial charge in [0.1, 0.15) is 11.5 Å². The molecule has 0 saturated carbocycles. The van der Waals surface area contributed by atoms with Crippen molar-refractivity contribution < 1.29 is 19.4 Å². The predicted octanol–water partition coefficient (Wildman–Crippen LogP) is 7.32. The van der Waals surface area contributed by atoms with Crippen LogP contribution in [0.25, 0.3) is 5.76 Å². The van der Waals surface area contributed by atoms with Gasteiger partial charge in [-0.2, -0.15) is 0 Å². The van der Waals surface area contributed by atoms with E-state index in [0.29, 0.717) is 38.7 Å². The maximum atomic E-state index is 13.4. The van der Waals surface area contributed by atoms with Gasteiger partial charge in [0.05, 0.1) is 18.2 Å². The zero-order valence-corrected chi connectivity index (χ0v) is 25.1. The molecule has 1 aliphatic rings. The monoisotopic (exact) mass is 635 g/mol. The third-order valence-electron chi connectivity index (χ3n) is 6.29. The first-order chi connectivity index (χ1) is 19.4. The molecule has 1 N–H and O–H groups in total. The topological polar surface area (TPSA) is 92.6 Å². The van der Waals surface area contributed by atoms with Gasteiger partial charge in [-0.25, -0.2) is 0 Å². The molecule has 0 radical (unpaired) electrons. The Kier molecular flexibility index (Phi) is 8.68. The molecule has 204 valence electrons. The molecule has 5 rings (SSSR count). The normalized spacial score (nSPS) is 16.5. The number of Topliss-reactive ketones (excluding diaryl/α,β-unsaturated/α-hetero) is 1. The van der Waals surface area contributed by atoms with Gasteiger partial charge >= 0.3 is 5.91 Å². The maximum absolute atomic E-state index is 13.4. The fourth-order valence-corrected chi connectivity index (χ4v) is 6.53. The van der Waals surface area contributed by atoms with E-state index in [1.165, 1.54) is 33.6 Å². The van der Waals surface area contributed by atoms with Gasteiger partial charge in [0, 0.05) is 15.8 Å². The number of nitrogens with zero attached hydrogens (tertiary/aromatic N) is 3. The number of carbonyl (C=O) groups is 2.